The largest absolute Gasteiger partial charge is 0.340 e. The number of benzene rings is 2. The smallest absolute Gasteiger partial charge is 0.162 e. The van der Waals surface area contributed by atoms with E-state index in [4.69, 9.17) is 9.97 Å². The summed E-state index contributed by atoms with van der Waals surface area (Å²) in [5, 5.41) is 0.662. The maximum atomic E-state index is 4.78. The molecule has 0 saturated heterocycles. The first-order valence-corrected chi connectivity index (χ1v) is 19.4. The van der Waals surface area contributed by atoms with E-state index in [1.54, 1.807) is 37.2 Å². The van der Waals surface area contributed by atoms with E-state index in [9.17, 15) is 0 Å². The van der Waals surface area contributed by atoms with Gasteiger partial charge >= 0.3 is 0 Å². The molecule has 0 fully saturated rings. The van der Waals surface area contributed by atoms with Gasteiger partial charge in [0.25, 0.3) is 0 Å². The Balaban J connectivity index is 0.000000187. The first-order chi connectivity index (χ1) is 27.5. The topological polar surface area (TPSA) is 106 Å². The number of thiol groups is 1. The molecule has 0 aliphatic carbocycles. The number of hydrogen-bond donors (Lipinski definition) is 2. The minimum atomic E-state index is 0. The van der Waals surface area contributed by atoms with E-state index in [1.807, 2.05) is 97.1 Å². The summed E-state index contributed by atoms with van der Waals surface area (Å²) in [4.78, 5) is 33.8. The number of rotatable bonds is 6. The first-order valence-electron chi connectivity index (χ1n) is 17.4. The van der Waals surface area contributed by atoms with Crippen molar-refractivity contribution < 1.29 is 42.1 Å². The van der Waals surface area contributed by atoms with Gasteiger partial charge in [0.05, 0.1) is 45.6 Å². The second-order valence-corrected chi connectivity index (χ2v) is 14.3. The Morgan fingerprint density at radius 1 is 0.362 bits per heavy atom. The van der Waals surface area contributed by atoms with Crippen LogP contribution >= 0.6 is 44.5 Å². The van der Waals surface area contributed by atoms with Gasteiger partial charge in [0, 0.05) is 88.3 Å². The van der Waals surface area contributed by atoms with Crippen LogP contribution in [0.1, 0.15) is 0 Å². The molecular formula is C45H32Br2N8Pt2S. The van der Waals surface area contributed by atoms with Crippen molar-refractivity contribution in [3.8, 4) is 67.8 Å². The summed E-state index contributed by atoms with van der Waals surface area (Å²) in [5.41, 5.74) is 11.1. The first kappa shape index (κ1) is 44.3. The van der Waals surface area contributed by atoms with Gasteiger partial charge < -0.3 is 4.98 Å². The van der Waals surface area contributed by atoms with Crippen LogP contribution in [0.4, 0.5) is 0 Å². The van der Waals surface area contributed by atoms with E-state index in [-0.39, 0.29) is 42.1 Å². The number of nitrogens with zero attached hydrogens (tertiary/aromatic N) is 7. The Bertz CT molecular complexity index is 2310. The van der Waals surface area contributed by atoms with Crippen LogP contribution < -0.4 is 0 Å². The Morgan fingerprint density at radius 3 is 0.914 bits per heavy atom. The van der Waals surface area contributed by atoms with Crippen molar-refractivity contribution in [1.29, 1.82) is 0 Å². The van der Waals surface area contributed by atoms with Crippen molar-refractivity contribution in [3.63, 3.8) is 0 Å². The number of imidazole rings is 1. The molecule has 0 spiro atoms. The molecule has 0 saturated carbocycles. The second kappa shape index (κ2) is 22.4. The molecule has 2 aromatic carbocycles. The van der Waals surface area contributed by atoms with Crippen molar-refractivity contribution in [3.05, 3.63) is 192 Å². The standard InChI is InChI=1S/2C21H14BrN3.C3H4N2S.2Pt/c2*22-17-9-7-15(8-10-17)16-13-20(18-5-1-3-11-23-18)25-21(14-16)19-6-2-4-12-24-19;6-3-4-1-2-5-3;;/h2*1-14H;1-2H,(H2,4,5,6);;. The van der Waals surface area contributed by atoms with Crippen molar-refractivity contribution >= 4 is 44.5 Å². The van der Waals surface area contributed by atoms with Gasteiger partial charge in [-0.25, -0.2) is 15.0 Å². The van der Waals surface area contributed by atoms with E-state index < -0.39 is 0 Å². The molecule has 7 heterocycles. The molecule has 1 N–H and O–H groups in total. The van der Waals surface area contributed by atoms with Crippen LogP contribution in [0, 0.1) is 0 Å². The van der Waals surface area contributed by atoms with Crippen molar-refractivity contribution in [2.24, 2.45) is 0 Å². The number of H-pyrrole nitrogens is 1. The Morgan fingerprint density at radius 2 is 0.690 bits per heavy atom. The Kier molecular flexibility index (Phi) is 17.1. The van der Waals surface area contributed by atoms with Crippen molar-refractivity contribution in [2.45, 2.75) is 5.16 Å². The maximum absolute atomic E-state index is 4.78. The molecule has 0 bridgehead atoms. The van der Waals surface area contributed by atoms with Crippen LogP contribution in [0.15, 0.2) is 197 Å². The number of pyridine rings is 6. The zero-order valence-electron chi connectivity index (χ0n) is 30.3. The summed E-state index contributed by atoms with van der Waals surface area (Å²) in [6, 6.07) is 48.1. The van der Waals surface area contributed by atoms with Gasteiger partial charge in [-0.15, -0.1) is 12.6 Å². The van der Waals surface area contributed by atoms with Crippen LogP contribution in [0.5, 0.6) is 0 Å². The van der Waals surface area contributed by atoms with Crippen molar-refractivity contribution in [1.82, 2.24) is 39.9 Å². The fraction of sp³-hybridized carbons (Fsp3) is 0. The van der Waals surface area contributed by atoms with Crippen molar-refractivity contribution in [2.75, 3.05) is 0 Å². The molecule has 292 valence electrons. The predicted octanol–water partition coefficient (Wildman–Crippen LogP) is 12.0. The zero-order chi connectivity index (χ0) is 38.5. The third kappa shape index (κ3) is 12.4. The van der Waals surface area contributed by atoms with E-state index in [1.165, 1.54) is 0 Å². The third-order valence-corrected chi connectivity index (χ3v) is 9.50. The summed E-state index contributed by atoms with van der Waals surface area (Å²) in [7, 11) is 0. The third-order valence-electron chi connectivity index (χ3n) is 8.20. The quantitative estimate of drug-likeness (QED) is 0.160. The van der Waals surface area contributed by atoms with Crippen LogP contribution in [-0.4, -0.2) is 39.9 Å². The maximum Gasteiger partial charge on any atom is 0.162 e. The molecule has 0 radical (unpaired) electrons. The average Bonchev–Trinajstić information content (AvgIpc) is 3.76. The van der Waals surface area contributed by atoms with E-state index in [2.05, 4.69) is 123 Å². The number of aromatic nitrogens is 8. The molecule has 0 aliphatic rings. The molecule has 0 aliphatic heterocycles. The summed E-state index contributed by atoms with van der Waals surface area (Å²) >= 11 is 10.8. The van der Waals surface area contributed by atoms with E-state index in [0.717, 1.165) is 76.8 Å². The minimum absolute atomic E-state index is 0. The fourth-order valence-electron chi connectivity index (χ4n) is 5.52. The monoisotopic (exact) mass is 1260 g/mol. The van der Waals surface area contributed by atoms with E-state index >= 15 is 0 Å². The molecule has 9 aromatic rings. The van der Waals surface area contributed by atoms with Gasteiger partial charge in [0.2, 0.25) is 0 Å². The summed E-state index contributed by atoms with van der Waals surface area (Å²) < 4.78 is 2.11. The number of halogens is 2. The number of aromatic amines is 1. The molecule has 58 heavy (non-hydrogen) atoms. The SMILES string of the molecule is Brc1ccc(-c2cc(-c3ccccn3)nc(-c3ccccn3)c2)cc1.Brc1ccc(-c2cc(-c3ccccn3)nc(-c3ccccn3)c2)cc1.Sc1ncc[nH]1.[Pt].[Pt]. The van der Waals surface area contributed by atoms with Gasteiger partial charge in [-0.05, 0) is 119 Å². The molecule has 0 amide bonds. The van der Waals surface area contributed by atoms with Gasteiger partial charge in [-0.1, -0.05) is 80.4 Å². The van der Waals surface area contributed by atoms with Crippen LogP contribution in [0.2, 0.25) is 0 Å². The molecule has 13 heteroatoms. The number of hydrogen-bond acceptors (Lipinski definition) is 8. The predicted molar refractivity (Wildman–Crippen MR) is 234 cm³/mol. The molecular weight excluding hydrogens is 1230 g/mol. The molecule has 0 unspecified atom stereocenters. The van der Waals surface area contributed by atoms with Gasteiger partial charge in [0.15, 0.2) is 5.16 Å². The average molecular weight is 1270 g/mol. The molecule has 0 atom stereocenters. The molecule has 8 nitrogen and oxygen atoms in total. The normalized spacial score (nSPS) is 10.1. The van der Waals surface area contributed by atoms with E-state index in [0.29, 0.717) is 5.16 Å². The fourth-order valence-corrected chi connectivity index (χ4v) is 6.19. The summed E-state index contributed by atoms with van der Waals surface area (Å²) in [5.74, 6) is 0. The molecule has 9 rings (SSSR count). The zero-order valence-corrected chi connectivity index (χ0v) is 38.9. The van der Waals surface area contributed by atoms with Crippen LogP contribution in [0.25, 0.3) is 67.8 Å². The Hall–Kier alpha value is -4.76. The summed E-state index contributed by atoms with van der Waals surface area (Å²) in [6.07, 6.45) is 10.5. The second-order valence-electron chi connectivity index (χ2n) is 12.0. The summed E-state index contributed by atoms with van der Waals surface area (Å²) in [6.45, 7) is 0. The number of nitrogens with one attached hydrogen (secondary N) is 1. The minimum Gasteiger partial charge on any atom is -0.340 e. The van der Waals surface area contributed by atoms with Gasteiger partial charge in [-0.3, -0.25) is 19.9 Å². The Labute approximate surface area is 387 Å². The van der Waals surface area contributed by atoms with Crippen LogP contribution in [-0.2, 0) is 42.1 Å². The van der Waals surface area contributed by atoms with Crippen LogP contribution in [0.3, 0.4) is 0 Å². The van der Waals surface area contributed by atoms with Gasteiger partial charge in [0.1, 0.15) is 0 Å². The van der Waals surface area contributed by atoms with Gasteiger partial charge in [-0.2, -0.15) is 0 Å². The molecule has 7 aromatic heterocycles.